The van der Waals surface area contributed by atoms with Crippen LogP contribution in [-0.2, 0) is 23.9 Å². The van der Waals surface area contributed by atoms with Crippen LogP contribution in [0.25, 0.3) is 0 Å². The molecule has 2 unspecified atom stereocenters. The zero-order valence-corrected chi connectivity index (χ0v) is 12.6. The van der Waals surface area contributed by atoms with Crippen LogP contribution >= 0.6 is 0 Å². The smallest absolute Gasteiger partial charge is 0.339 e. The molecule has 0 spiro atoms. The van der Waals surface area contributed by atoms with E-state index in [1.54, 1.807) is 25.2 Å². The van der Waals surface area contributed by atoms with Crippen LogP contribution in [0.2, 0.25) is 0 Å². The highest BCUT2D eigenvalue weighted by atomic mass is 16.5. The van der Waals surface area contributed by atoms with Gasteiger partial charge in [0, 0.05) is 6.42 Å². The summed E-state index contributed by atoms with van der Waals surface area (Å²) in [6.45, 7) is 3.63. The molecule has 3 aliphatic rings. The number of ether oxygens (including phenoxy) is 2. The highest BCUT2D eigenvalue weighted by Crippen LogP contribution is 2.43. The lowest BCUT2D eigenvalue weighted by Crippen LogP contribution is -2.36. The predicted molar refractivity (Wildman–Crippen MR) is 77.6 cm³/mol. The summed E-state index contributed by atoms with van der Waals surface area (Å²) in [4.78, 5) is 36.4. The lowest BCUT2D eigenvalue weighted by atomic mass is 9.70. The van der Waals surface area contributed by atoms with Gasteiger partial charge in [0.15, 0.2) is 0 Å². The Bertz CT molecular complexity index is 717. The quantitative estimate of drug-likeness (QED) is 0.691. The lowest BCUT2D eigenvalue weighted by molar-refractivity contribution is -0.142. The van der Waals surface area contributed by atoms with Gasteiger partial charge < -0.3 is 9.47 Å². The minimum Gasteiger partial charge on any atom is -0.465 e. The number of carbonyl (C=O) groups is 3. The molecule has 0 aromatic rings. The van der Waals surface area contributed by atoms with Crippen molar-refractivity contribution in [2.75, 3.05) is 7.11 Å². The molecule has 0 N–H and O–H groups in total. The third-order valence-corrected chi connectivity index (χ3v) is 4.40. The highest BCUT2D eigenvalue weighted by Gasteiger charge is 2.42. The number of allylic oxidation sites excluding steroid dienone is 3. The molecule has 5 heteroatoms. The van der Waals surface area contributed by atoms with Gasteiger partial charge in [0.1, 0.15) is 11.9 Å². The van der Waals surface area contributed by atoms with Gasteiger partial charge in [-0.15, -0.1) is 0 Å². The fourth-order valence-electron chi connectivity index (χ4n) is 3.15. The molecule has 0 bridgehead atoms. The maximum Gasteiger partial charge on any atom is 0.339 e. The molecule has 2 aliphatic carbocycles. The average molecular weight is 300 g/mol. The Morgan fingerprint density at radius 1 is 1.32 bits per heavy atom. The number of methoxy groups -OCH3 is 1. The first-order chi connectivity index (χ1) is 10.5. The topological polar surface area (TPSA) is 69.7 Å². The molecule has 0 aromatic carbocycles. The lowest BCUT2D eigenvalue weighted by Gasteiger charge is -2.35. The van der Waals surface area contributed by atoms with E-state index in [4.69, 9.17) is 9.47 Å². The molecule has 2 atom stereocenters. The second kappa shape index (κ2) is 5.09. The number of Topliss-reactive ketones (excluding diaryl/α,β-unsaturated/α-hetero) is 1. The third-order valence-electron chi connectivity index (χ3n) is 4.40. The van der Waals surface area contributed by atoms with Gasteiger partial charge in [-0.25, -0.2) is 9.59 Å². The summed E-state index contributed by atoms with van der Waals surface area (Å²) in [5.41, 5.74) is 2.93. The normalized spacial score (nSPS) is 27.1. The van der Waals surface area contributed by atoms with Crippen LogP contribution in [-0.4, -0.2) is 30.9 Å². The number of cyclic esters (lactones) is 1. The minimum absolute atomic E-state index is 0.0271. The van der Waals surface area contributed by atoms with Gasteiger partial charge in [0.2, 0.25) is 0 Å². The first-order valence-electron chi connectivity index (χ1n) is 7.11. The number of hydrogen-bond acceptors (Lipinski definition) is 5. The average Bonchev–Trinajstić information content (AvgIpc) is 2.51. The molecule has 5 nitrogen and oxygen atoms in total. The number of ketones is 1. The van der Waals surface area contributed by atoms with Gasteiger partial charge in [-0.1, -0.05) is 12.2 Å². The van der Waals surface area contributed by atoms with E-state index in [2.05, 4.69) is 0 Å². The van der Waals surface area contributed by atoms with E-state index >= 15 is 0 Å². The van der Waals surface area contributed by atoms with Crippen molar-refractivity contribution in [3.05, 3.63) is 46.1 Å². The molecular formula is C17H16O5. The molecule has 22 heavy (non-hydrogen) atoms. The molecule has 0 aromatic heterocycles. The fraction of sp³-hybridized carbons (Fsp3) is 0.353. The van der Waals surface area contributed by atoms with Crippen molar-refractivity contribution in [2.45, 2.75) is 26.4 Å². The number of carbonyl (C=O) groups excluding carboxylic acids is 3. The van der Waals surface area contributed by atoms with E-state index in [0.717, 1.165) is 5.57 Å². The summed E-state index contributed by atoms with van der Waals surface area (Å²) >= 11 is 0. The Hall–Kier alpha value is -2.43. The molecule has 114 valence electrons. The molecule has 0 amide bonds. The Morgan fingerprint density at radius 2 is 2.05 bits per heavy atom. The number of fused-ring (bicyclic) bond motifs is 3. The van der Waals surface area contributed by atoms with Crippen molar-refractivity contribution in [3.63, 3.8) is 0 Å². The van der Waals surface area contributed by atoms with Crippen molar-refractivity contribution in [1.29, 1.82) is 0 Å². The summed E-state index contributed by atoms with van der Waals surface area (Å²) in [6.07, 6.45) is 4.64. The molecule has 0 fully saturated rings. The van der Waals surface area contributed by atoms with Crippen molar-refractivity contribution >= 4 is 17.7 Å². The van der Waals surface area contributed by atoms with Crippen LogP contribution in [0.15, 0.2) is 46.1 Å². The van der Waals surface area contributed by atoms with Gasteiger partial charge in [-0.3, -0.25) is 4.79 Å². The van der Waals surface area contributed by atoms with E-state index in [1.165, 1.54) is 7.11 Å². The summed E-state index contributed by atoms with van der Waals surface area (Å²) in [6, 6.07) is 0. The second-order valence-electron chi connectivity index (χ2n) is 5.56. The molecular weight excluding hydrogens is 284 g/mol. The van der Waals surface area contributed by atoms with Crippen LogP contribution in [0.1, 0.15) is 20.3 Å². The summed E-state index contributed by atoms with van der Waals surface area (Å²) in [5, 5.41) is 0. The van der Waals surface area contributed by atoms with Crippen LogP contribution < -0.4 is 0 Å². The standard InChI is InChI=1S/C17H16O5/c1-8-9(2)22-17(20)12-5-4-10-11(16(19)21-3)6-7-13(18)15(10)14(8)12/h4-6,9,15H,7H2,1-3H3. The molecule has 0 saturated heterocycles. The first kappa shape index (κ1) is 14.5. The van der Waals surface area contributed by atoms with Crippen molar-refractivity contribution in [1.82, 2.24) is 0 Å². The van der Waals surface area contributed by atoms with Gasteiger partial charge in [0.05, 0.1) is 24.2 Å². The van der Waals surface area contributed by atoms with Crippen LogP contribution in [0, 0.1) is 5.92 Å². The highest BCUT2D eigenvalue weighted by molar-refractivity contribution is 6.06. The van der Waals surface area contributed by atoms with E-state index in [1.807, 2.05) is 6.92 Å². The fourth-order valence-corrected chi connectivity index (χ4v) is 3.15. The van der Waals surface area contributed by atoms with E-state index in [9.17, 15) is 14.4 Å². The second-order valence-corrected chi connectivity index (χ2v) is 5.56. The van der Waals surface area contributed by atoms with Gasteiger partial charge in [0.25, 0.3) is 0 Å². The van der Waals surface area contributed by atoms with E-state index in [-0.39, 0.29) is 18.3 Å². The Balaban J connectivity index is 2.20. The molecule has 3 rings (SSSR count). The van der Waals surface area contributed by atoms with E-state index < -0.39 is 17.9 Å². The summed E-state index contributed by atoms with van der Waals surface area (Å²) in [5.74, 6) is -1.51. The maximum atomic E-state index is 12.4. The zero-order valence-electron chi connectivity index (χ0n) is 12.6. The summed E-state index contributed by atoms with van der Waals surface area (Å²) < 4.78 is 10.1. The largest absolute Gasteiger partial charge is 0.465 e. The SMILES string of the molecule is COC(=O)C1=CCC(=O)C2C1=CC=C1C(=O)OC(C)C(C)=C12. The number of esters is 2. The van der Waals surface area contributed by atoms with Crippen molar-refractivity contribution in [3.8, 4) is 0 Å². The Labute approximate surface area is 128 Å². The Kier molecular flexibility index (Phi) is 3.35. The summed E-state index contributed by atoms with van der Waals surface area (Å²) in [7, 11) is 1.31. The molecule has 1 heterocycles. The minimum atomic E-state index is -0.589. The first-order valence-corrected chi connectivity index (χ1v) is 7.11. The molecule has 0 saturated carbocycles. The van der Waals surface area contributed by atoms with Crippen LogP contribution in [0.4, 0.5) is 0 Å². The number of hydrogen-bond donors (Lipinski definition) is 0. The van der Waals surface area contributed by atoms with Gasteiger partial charge in [-0.2, -0.15) is 0 Å². The Morgan fingerprint density at radius 3 is 2.73 bits per heavy atom. The predicted octanol–water partition coefficient (Wildman–Crippen LogP) is 1.80. The number of rotatable bonds is 1. The third kappa shape index (κ3) is 1.96. The molecule has 0 radical (unpaired) electrons. The molecule has 1 aliphatic heterocycles. The monoisotopic (exact) mass is 300 g/mol. The maximum absolute atomic E-state index is 12.4. The van der Waals surface area contributed by atoms with Crippen molar-refractivity contribution < 1.29 is 23.9 Å². The van der Waals surface area contributed by atoms with E-state index in [0.29, 0.717) is 22.3 Å². The van der Waals surface area contributed by atoms with Crippen molar-refractivity contribution in [2.24, 2.45) is 5.92 Å². The van der Waals surface area contributed by atoms with Crippen LogP contribution in [0.5, 0.6) is 0 Å². The van der Waals surface area contributed by atoms with Gasteiger partial charge in [-0.05, 0) is 36.6 Å². The van der Waals surface area contributed by atoms with Gasteiger partial charge >= 0.3 is 11.9 Å². The zero-order chi connectivity index (χ0) is 16.0. The van der Waals surface area contributed by atoms with Crippen LogP contribution in [0.3, 0.4) is 0 Å².